The molecule has 1 aliphatic rings. The second-order valence-corrected chi connectivity index (χ2v) is 9.63. The molecule has 1 saturated heterocycles. The van der Waals surface area contributed by atoms with Crippen LogP contribution < -0.4 is 11.1 Å². The van der Waals surface area contributed by atoms with Crippen LogP contribution in [-0.4, -0.2) is 40.7 Å². The molecule has 0 aliphatic carbocycles. The van der Waals surface area contributed by atoms with Gasteiger partial charge in [0.1, 0.15) is 17.2 Å². The number of alkyl halides is 5. The minimum absolute atomic E-state index is 0.0706. The number of fused-ring (bicyclic) bond motifs is 1. The molecule has 2 amide bonds. The van der Waals surface area contributed by atoms with Crippen LogP contribution in [0.4, 0.5) is 27.8 Å². The number of halogens is 5. The molecule has 7 nitrogen and oxygen atoms in total. The maximum absolute atomic E-state index is 14.0. The highest BCUT2D eigenvalue weighted by molar-refractivity contribution is 5.95. The van der Waals surface area contributed by atoms with Crippen molar-refractivity contribution in [2.75, 3.05) is 18.8 Å². The molecule has 2 aromatic carbocycles. The van der Waals surface area contributed by atoms with Crippen LogP contribution in [-0.2, 0) is 17.5 Å². The Morgan fingerprint density at radius 2 is 1.83 bits per heavy atom. The number of nitrogens with zero attached hydrogens (tertiary/aromatic N) is 2. The third-order valence-corrected chi connectivity index (χ3v) is 6.57. The van der Waals surface area contributed by atoms with Crippen LogP contribution in [0.25, 0.3) is 28.2 Å². The zero-order valence-corrected chi connectivity index (χ0v) is 21.3. The molecule has 0 unspecified atom stereocenters. The molecule has 1 aliphatic heterocycles. The van der Waals surface area contributed by atoms with E-state index >= 15 is 0 Å². The van der Waals surface area contributed by atoms with Crippen LogP contribution in [0.2, 0.25) is 0 Å². The first-order chi connectivity index (χ1) is 19.4. The number of likely N-dealkylation sites (tertiary alicyclic amines) is 1. The van der Waals surface area contributed by atoms with Crippen molar-refractivity contribution in [3.63, 3.8) is 0 Å². The van der Waals surface area contributed by atoms with Crippen LogP contribution in [0.5, 0.6) is 0 Å². The summed E-state index contributed by atoms with van der Waals surface area (Å²) in [6, 6.07) is 12.8. The number of carbonyl (C=O) groups excluding carboxylic acids is 2. The van der Waals surface area contributed by atoms with E-state index in [1.807, 2.05) is 0 Å². The summed E-state index contributed by atoms with van der Waals surface area (Å²) in [6.07, 6.45) is -0.911. The number of nitrogens with one attached hydrogen (secondary N) is 1. The van der Waals surface area contributed by atoms with Gasteiger partial charge in [0.2, 0.25) is 5.91 Å². The molecule has 0 radical (unpaired) electrons. The zero-order valence-electron chi connectivity index (χ0n) is 21.3. The van der Waals surface area contributed by atoms with Crippen molar-refractivity contribution < 1.29 is 36.0 Å². The van der Waals surface area contributed by atoms with Gasteiger partial charge in [-0.3, -0.25) is 9.59 Å². The van der Waals surface area contributed by atoms with Crippen LogP contribution in [0.1, 0.15) is 33.7 Å². The third kappa shape index (κ3) is 6.37. The molecule has 1 fully saturated rings. The third-order valence-electron chi connectivity index (χ3n) is 6.57. The van der Waals surface area contributed by atoms with Crippen molar-refractivity contribution in [3.8, 4) is 11.1 Å². The maximum Gasteiger partial charge on any atom is 0.420 e. The fraction of sp³-hybridized carbons (Fsp3) is 0.207. The Bertz CT molecular complexity index is 1630. The van der Waals surface area contributed by atoms with Gasteiger partial charge in [-0.1, -0.05) is 12.1 Å². The molecule has 3 N–H and O–H groups in total. The lowest BCUT2D eigenvalue weighted by molar-refractivity contribution is -0.136. The topological polar surface area (TPSA) is 101 Å². The fourth-order valence-electron chi connectivity index (χ4n) is 4.49. The number of nitrogen functional groups attached to an aromatic ring is 1. The van der Waals surface area contributed by atoms with Crippen molar-refractivity contribution in [1.82, 2.24) is 15.2 Å². The van der Waals surface area contributed by atoms with E-state index in [1.54, 1.807) is 12.1 Å². The summed E-state index contributed by atoms with van der Waals surface area (Å²) < 4.78 is 74.4. The van der Waals surface area contributed by atoms with Gasteiger partial charge < -0.3 is 20.4 Å². The standard InChI is InChI=1S/C29H23F5N4O3/c30-28(31)9-10-38(16-28)27(40)19-5-3-18(4-6-19)20-11-21-12-22(41-26(21)23(13-20)29(32,33)34)15-37-25(39)8-2-17-1-7-24(35)36-14-17/h1-8,11-14H,9-10,15-16H2,(H2,35,36)(H,37,39)/b8-2+. The second kappa shape index (κ2) is 10.7. The van der Waals surface area contributed by atoms with Crippen molar-refractivity contribution in [2.45, 2.75) is 25.1 Å². The molecule has 212 valence electrons. The monoisotopic (exact) mass is 570 g/mol. The van der Waals surface area contributed by atoms with Crippen LogP contribution in [0.3, 0.4) is 0 Å². The molecule has 3 heterocycles. The van der Waals surface area contributed by atoms with Gasteiger partial charge in [-0.15, -0.1) is 0 Å². The van der Waals surface area contributed by atoms with Gasteiger partial charge in [-0.25, -0.2) is 13.8 Å². The van der Waals surface area contributed by atoms with Gasteiger partial charge in [0, 0.05) is 36.2 Å². The molecule has 0 bridgehead atoms. The Labute approximate surface area is 230 Å². The highest BCUT2D eigenvalue weighted by Crippen LogP contribution is 2.39. The van der Waals surface area contributed by atoms with E-state index in [0.29, 0.717) is 16.9 Å². The summed E-state index contributed by atoms with van der Waals surface area (Å²) >= 11 is 0. The lowest BCUT2D eigenvalue weighted by Gasteiger charge is -2.16. The molecule has 4 aromatic rings. The predicted molar refractivity (Wildman–Crippen MR) is 142 cm³/mol. The van der Waals surface area contributed by atoms with E-state index in [9.17, 15) is 31.5 Å². The Balaban J connectivity index is 1.34. The van der Waals surface area contributed by atoms with E-state index in [1.165, 1.54) is 54.7 Å². The number of benzene rings is 2. The molecule has 12 heteroatoms. The number of aromatic nitrogens is 1. The lowest BCUT2D eigenvalue weighted by Crippen LogP contribution is -2.31. The number of hydrogen-bond donors (Lipinski definition) is 2. The minimum Gasteiger partial charge on any atom is -0.459 e. The quantitative estimate of drug-likeness (QED) is 0.222. The molecular formula is C29H23F5N4O3. The SMILES string of the molecule is Nc1ccc(/C=C/C(=O)NCc2cc3cc(-c4ccc(C(=O)N5CCC(F)(F)C5)cc4)cc(C(F)(F)F)c3o2)cn1. The van der Waals surface area contributed by atoms with E-state index < -0.39 is 42.4 Å². The summed E-state index contributed by atoms with van der Waals surface area (Å²) in [6.45, 7) is -0.894. The Kier molecular flexibility index (Phi) is 7.24. The number of furan rings is 1. The maximum atomic E-state index is 14.0. The van der Waals surface area contributed by atoms with Crippen molar-refractivity contribution >= 4 is 34.7 Å². The molecule has 5 rings (SSSR count). The van der Waals surface area contributed by atoms with Gasteiger partial charge in [0.25, 0.3) is 11.8 Å². The van der Waals surface area contributed by atoms with Crippen LogP contribution in [0, 0.1) is 0 Å². The Morgan fingerprint density at radius 3 is 2.46 bits per heavy atom. The second-order valence-electron chi connectivity index (χ2n) is 9.63. The number of hydrogen-bond acceptors (Lipinski definition) is 5. The van der Waals surface area contributed by atoms with Gasteiger partial charge >= 0.3 is 6.18 Å². The summed E-state index contributed by atoms with van der Waals surface area (Å²) in [5.41, 5.74) is 5.54. The summed E-state index contributed by atoms with van der Waals surface area (Å²) in [5, 5.41) is 2.73. The number of anilines is 1. The zero-order chi connectivity index (χ0) is 29.4. The summed E-state index contributed by atoms with van der Waals surface area (Å²) in [7, 11) is 0. The largest absolute Gasteiger partial charge is 0.459 e. The Morgan fingerprint density at radius 1 is 1.07 bits per heavy atom. The van der Waals surface area contributed by atoms with E-state index in [0.717, 1.165) is 11.0 Å². The van der Waals surface area contributed by atoms with E-state index in [2.05, 4.69) is 10.3 Å². The van der Waals surface area contributed by atoms with Gasteiger partial charge in [0.05, 0.1) is 18.7 Å². The van der Waals surface area contributed by atoms with Crippen LogP contribution >= 0.6 is 0 Å². The van der Waals surface area contributed by atoms with Gasteiger partial charge in [-0.05, 0) is 65.2 Å². The molecular weight excluding hydrogens is 547 g/mol. The highest BCUT2D eigenvalue weighted by atomic mass is 19.4. The molecule has 0 saturated carbocycles. The number of pyridine rings is 1. The summed E-state index contributed by atoms with van der Waals surface area (Å²) in [5.74, 6) is -3.55. The predicted octanol–water partition coefficient (Wildman–Crippen LogP) is 5.91. The molecule has 0 atom stereocenters. The molecule has 0 spiro atoms. The lowest BCUT2D eigenvalue weighted by atomic mass is 9.99. The average molecular weight is 571 g/mol. The first kappa shape index (κ1) is 27.8. The summed E-state index contributed by atoms with van der Waals surface area (Å²) in [4.78, 5) is 29.7. The minimum atomic E-state index is -4.74. The van der Waals surface area contributed by atoms with Crippen molar-refractivity contribution in [3.05, 3.63) is 89.3 Å². The first-order valence-electron chi connectivity index (χ1n) is 12.5. The average Bonchev–Trinajstić information content (AvgIpc) is 3.52. The van der Waals surface area contributed by atoms with E-state index in [4.69, 9.17) is 10.2 Å². The normalized spacial score (nSPS) is 15.1. The number of nitrogens with two attached hydrogens (primary N) is 1. The smallest absolute Gasteiger partial charge is 0.420 e. The van der Waals surface area contributed by atoms with Crippen LogP contribution in [0.15, 0.2) is 71.3 Å². The van der Waals surface area contributed by atoms with Gasteiger partial charge in [-0.2, -0.15) is 13.2 Å². The number of rotatable bonds is 6. The highest BCUT2D eigenvalue weighted by Gasteiger charge is 2.40. The van der Waals surface area contributed by atoms with E-state index in [-0.39, 0.29) is 40.9 Å². The number of amides is 2. The van der Waals surface area contributed by atoms with Crippen molar-refractivity contribution in [2.24, 2.45) is 0 Å². The molecule has 2 aromatic heterocycles. The molecule has 41 heavy (non-hydrogen) atoms. The van der Waals surface area contributed by atoms with Crippen molar-refractivity contribution in [1.29, 1.82) is 0 Å². The van der Waals surface area contributed by atoms with Gasteiger partial charge in [0.15, 0.2) is 0 Å². The Hall–Kier alpha value is -4.74. The first-order valence-corrected chi connectivity index (χ1v) is 12.5. The number of carbonyl (C=O) groups is 2. The fourth-order valence-corrected chi connectivity index (χ4v) is 4.49.